The van der Waals surface area contributed by atoms with Crippen molar-refractivity contribution in [1.82, 2.24) is 30.9 Å². The summed E-state index contributed by atoms with van der Waals surface area (Å²) in [5, 5.41) is 82.1. The fourth-order valence-corrected chi connectivity index (χ4v) is 9.48. The zero-order chi connectivity index (χ0) is 46.1. The van der Waals surface area contributed by atoms with Gasteiger partial charge in [0.1, 0.15) is 48.4 Å². The predicted octanol–water partition coefficient (Wildman–Crippen LogP) is -0.585. The Kier molecular flexibility index (Phi) is 17.2. The van der Waals surface area contributed by atoms with Gasteiger partial charge in [-0.05, 0) is 43.4 Å². The lowest BCUT2D eigenvalue weighted by atomic mass is 9.79. The smallest absolute Gasteiger partial charge is 0.332 e. The molecule has 6 rings (SSSR count). The molecular weight excluding hydrogens is 837 g/mol. The molecule has 0 radical (unpaired) electrons. The van der Waals surface area contributed by atoms with Crippen molar-refractivity contribution < 1.29 is 68.8 Å². The molecule has 2 aromatic rings. The molecule has 352 valence electrons. The molecule has 15 atom stereocenters. The molecule has 0 spiro atoms. The second-order valence-electron chi connectivity index (χ2n) is 17.5. The Labute approximate surface area is 371 Å². The maximum absolute atomic E-state index is 14.0. The molecule has 20 heteroatoms. The maximum atomic E-state index is 14.0. The highest BCUT2D eigenvalue weighted by Gasteiger charge is 2.53. The molecule has 1 saturated heterocycles. The molecule has 64 heavy (non-hydrogen) atoms. The molecule has 9 N–H and O–H groups in total. The molecule has 3 amide bonds. The van der Waals surface area contributed by atoms with E-state index in [4.69, 9.17) is 25.4 Å². The second-order valence-corrected chi connectivity index (χ2v) is 17.5. The minimum absolute atomic E-state index is 0.0176. The number of terminal acetylenes is 1. The zero-order valence-corrected chi connectivity index (χ0v) is 36.1. The van der Waals surface area contributed by atoms with Crippen LogP contribution >= 0.6 is 0 Å². The third kappa shape index (κ3) is 12.0. The highest BCUT2D eigenvalue weighted by molar-refractivity contribution is 5.92. The number of hydrogen-bond donors (Lipinski definition) is 9. The van der Waals surface area contributed by atoms with Gasteiger partial charge in [0, 0.05) is 31.5 Å². The van der Waals surface area contributed by atoms with Crippen LogP contribution in [0.2, 0.25) is 0 Å². The molecule has 2 heterocycles. The summed E-state index contributed by atoms with van der Waals surface area (Å²) in [5.41, 5.74) is 1.23. The van der Waals surface area contributed by atoms with Crippen LogP contribution in [0, 0.1) is 30.1 Å². The lowest BCUT2D eigenvalue weighted by Crippen LogP contribution is -2.67. The summed E-state index contributed by atoms with van der Waals surface area (Å²) in [5.74, 6) is -2.34. The fraction of sp³-hybridized carbons (Fsp3) is 0.682. The number of carboxylic acids is 1. The summed E-state index contributed by atoms with van der Waals surface area (Å²) in [4.78, 5) is 51.3. The Morgan fingerprint density at radius 3 is 2.31 bits per heavy atom. The molecule has 9 unspecified atom stereocenters. The standard InChI is InChI=1S/C44H62N6O14/c1-4-34(53)45-15-16-46-42(58)27-19-29(50-21-28(48-49-50)26-13-9-6-10-14-26)40(61-30-17-23(2)36(54)39(57)37(30)55)31(20-27)63-44-35(47-24(3)52)41(38(56)33(22-51)64-44)62-32(43(59)60)18-25-11-7-5-8-12-25/h1,6,9-10,13-14,21,23,25,27,29-33,35-41,44,51,54-57H,5,7-8,11-12,15-20,22H2,2-3H3,(H,45,53)(H,46,58)(H,47,52)(H,59,60)/t23?,27?,29?,30-,31-,32+,33?,35?,36-,37?,38+,39?,40?,41?,44-/m1/s1. The van der Waals surface area contributed by atoms with Crippen molar-refractivity contribution in [2.45, 2.75) is 151 Å². The molecule has 3 saturated carbocycles. The lowest BCUT2D eigenvalue weighted by Gasteiger charge is -2.49. The maximum Gasteiger partial charge on any atom is 0.332 e. The zero-order valence-electron chi connectivity index (χ0n) is 36.1. The van der Waals surface area contributed by atoms with Gasteiger partial charge < -0.3 is 65.5 Å². The van der Waals surface area contributed by atoms with Gasteiger partial charge in [0.2, 0.25) is 11.8 Å². The number of carboxylic acid groups (broad SMARTS) is 1. The van der Waals surface area contributed by atoms with Crippen LogP contribution in [0.25, 0.3) is 11.3 Å². The highest BCUT2D eigenvalue weighted by Crippen LogP contribution is 2.42. The first kappa shape index (κ1) is 48.9. The molecule has 1 aromatic heterocycles. The van der Waals surface area contributed by atoms with Crippen LogP contribution in [-0.4, -0.2) is 162 Å². The Hall–Kier alpha value is -4.56. The number of ether oxygens (including phenoxy) is 4. The van der Waals surface area contributed by atoms with Gasteiger partial charge in [-0.1, -0.05) is 74.6 Å². The number of nitrogens with one attached hydrogen (secondary N) is 3. The molecule has 1 aromatic carbocycles. The van der Waals surface area contributed by atoms with E-state index in [1.165, 1.54) is 11.6 Å². The molecule has 0 bridgehead atoms. The van der Waals surface area contributed by atoms with Gasteiger partial charge in [0.05, 0.1) is 37.2 Å². The number of rotatable bonds is 17. The molecule has 1 aliphatic heterocycles. The number of nitrogens with zero attached hydrogens (tertiary/aromatic N) is 3. The average molecular weight is 899 g/mol. The molecule has 3 aliphatic carbocycles. The van der Waals surface area contributed by atoms with E-state index in [0.717, 1.165) is 37.7 Å². The monoisotopic (exact) mass is 898 g/mol. The van der Waals surface area contributed by atoms with E-state index < -0.39 is 122 Å². The van der Waals surface area contributed by atoms with Crippen molar-refractivity contribution >= 4 is 23.7 Å². The first-order valence-corrected chi connectivity index (χ1v) is 22.1. The van der Waals surface area contributed by atoms with Gasteiger partial charge in [0.25, 0.3) is 5.91 Å². The summed E-state index contributed by atoms with van der Waals surface area (Å²) in [6.07, 6.45) is -3.58. The van der Waals surface area contributed by atoms with E-state index in [0.29, 0.717) is 5.69 Å². The van der Waals surface area contributed by atoms with E-state index >= 15 is 0 Å². The SMILES string of the molecule is C#CC(=O)NCCNC(=O)C1CC(n2cc(-c3ccccc3)nn2)C(O[C@@H]2CC(C)[C@@H](O)C(O)C2O)[C@H](O[C@@H]2OC(CO)[C@H](O)C(O[C@@H](CC3CCCCC3)C(=O)O)C2NC(C)=O)C1. The van der Waals surface area contributed by atoms with Gasteiger partial charge in [-0.3, -0.25) is 14.4 Å². The Morgan fingerprint density at radius 1 is 0.922 bits per heavy atom. The van der Waals surface area contributed by atoms with Crippen LogP contribution < -0.4 is 16.0 Å². The lowest BCUT2D eigenvalue weighted by molar-refractivity contribution is -0.310. The van der Waals surface area contributed by atoms with Crippen LogP contribution in [0.1, 0.15) is 77.7 Å². The van der Waals surface area contributed by atoms with Crippen molar-refractivity contribution in [2.24, 2.45) is 17.8 Å². The summed E-state index contributed by atoms with van der Waals surface area (Å²) < 4.78 is 27.4. The van der Waals surface area contributed by atoms with Crippen molar-refractivity contribution in [3.05, 3.63) is 36.5 Å². The minimum Gasteiger partial charge on any atom is -0.479 e. The van der Waals surface area contributed by atoms with Crippen molar-refractivity contribution in [2.75, 3.05) is 19.7 Å². The highest BCUT2D eigenvalue weighted by atomic mass is 16.7. The number of amides is 3. The van der Waals surface area contributed by atoms with E-state index in [9.17, 15) is 49.8 Å². The van der Waals surface area contributed by atoms with Gasteiger partial charge in [-0.15, -0.1) is 11.5 Å². The first-order chi connectivity index (χ1) is 30.7. The topological polar surface area (TPSA) is 293 Å². The van der Waals surface area contributed by atoms with Gasteiger partial charge in [0.15, 0.2) is 12.4 Å². The quantitative estimate of drug-likeness (QED) is 0.0709. The van der Waals surface area contributed by atoms with Crippen LogP contribution in [0.15, 0.2) is 36.5 Å². The third-order valence-electron chi connectivity index (χ3n) is 12.9. The van der Waals surface area contributed by atoms with Crippen molar-refractivity contribution in [3.63, 3.8) is 0 Å². The summed E-state index contributed by atoms with van der Waals surface area (Å²) in [7, 11) is 0. The summed E-state index contributed by atoms with van der Waals surface area (Å²) >= 11 is 0. The van der Waals surface area contributed by atoms with Gasteiger partial charge in [-0.25, -0.2) is 9.48 Å². The van der Waals surface area contributed by atoms with Crippen molar-refractivity contribution in [3.8, 4) is 23.6 Å². The Morgan fingerprint density at radius 2 is 1.64 bits per heavy atom. The van der Waals surface area contributed by atoms with E-state index in [1.807, 2.05) is 36.3 Å². The molecule has 4 fully saturated rings. The van der Waals surface area contributed by atoms with Crippen LogP contribution in [0.4, 0.5) is 0 Å². The summed E-state index contributed by atoms with van der Waals surface area (Å²) in [6.45, 7) is 2.21. The average Bonchev–Trinajstić information content (AvgIpc) is 3.79. The number of aliphatic carboxylic acids is 1. The van der Waals surface area contributed by atoms with Gasteiger partial charge in [-0.2, -0.15) is 0 Å². The largest absolute Gasteiger partial charge is 0.479 e. The Bertz CT molecular complexity index is 1910. The summed E-state index contributed by atoms with van der Waals surface area (Å²) in [6, 6.07) is 6.95. The van der Waals surface area contributed by atoms with Crippen molar-refractivity contribution in [1.29, 1.82) is 0 Å². The van der Waals surface area contributed by atoms with E-state index in [1.54, 1.807) is 13.1 Å². The normalized spacial score (nSPS) is 33.9. The Balaban J connectivity index is 1.38. The number of carbonyl (C=O) groups excluding carboxylic acids is 3. The number of benzene rings is 1. The van der Waals surface area contributed by atoms with E-state index in [-0.39, 0.29) is 44.7 Å². The first-order valence-electron chi connectivity index (χ1n) is 22.1. The number of hydrogen-bond acceptors (Lipinski definition) is 15. The minimum atomic E-state index is -1.63. The molecule has 4 aliphatic rings. The number of carbonyl (C=O) groups is 4. The number of aliphatic hydroxyl groups excluding tert-OH is 5. The second kappa shape index (κ2) is 22.6. The number of aliphatic hydroxyl groups is 5. The molecule has 20 nitrogen and oxygen atoms in total. The molecular formula is C44H62N6O14. The van der Waals surface area contributed by atoms with Crippen LogP contribution in [0.3, 0.4) is 0 Å². The third-order valence-corrected chi connectivity index (χ3v) is 12.9. The fourth-order valence-electron chi connectivity index (χ4n) is 9.48. The predicted molar refractivity (Wildman–Crippen MR) is 224 cm³/mol. The van der Waals surface area contributed by atoms with E-state index in [2.05, 4.69) is 26.3 Å². The van der Waals surface area contributed by atoms with Crippen LogP contribution in [0.5, 0.6) is 0 Å². The van der Waals surface area contributed by atoms with Gasteiger partial charge >= 0.3 is 5.97 Å². The number of aromatic nitrogens is 3. The van der Waals surface area contributed by atoms with Crippen LogP contribution in [-0.2, 0) is 38.1 Å².